The van der Waals surface area contributed by atoms with E-state index in [0.29, 0.717) is 6.61 Å². The molecule has 1 amide bonds. The Balaban J connectivity index is 2.20. The van der Waals surface area contributed by atoms with Crippen molar-refractivity contribution in [1.82, 2.24) is 5.32 Å². The first-order valence-electron chi connectivity index (χ1n) is 3.16. The van der Waals surface area contributed by atoms with Gasteiger partial charge < -0.3 is 4.74 Å². The van der Waals surface area contributed by atoms with Crippen LogP contribution in [0.3, 0.4) is 0 Å². The predicted octanol–water partition coefficient (Wildman–Crippen LogP) is 0.713. The minimum absolute atomic E-state index is 0.354. The number of allylic oxidation sites excluding steroid dienone is 1. The lowest BCUT2D eigenvalue weighted by molar-refractivity contribution is 0.179. The van der Waals surface area contributed by atoms with E-state index in [1.165, 1.54) is 0 Å². The standard InChI is InChI=1S/C6H6N2O2S/c9-6-8-4(2-10-6)5-1-7-3-11-5/h1H,2-3H2,(H,8,9). The molecule has 2 aliphatic rings. The average Bonchev–Trinajstić information content (AvgIpc) is 2.55. The van der Waals surface area contributed by atoms with E-state index in [2.05, 4.69) is 10.3 Å². The van der Waals surface area contributed by atoms with E-state index in [4.69, 9.17) is 4.74 Å². The van der Waals surface area contributed by atoms with Gasteiger partial charge in [0.25, 0.3) is 0 Å². The van der Waals surface area contributed by atoms with Crippen LogP contribution >= 0.6 is 11.8 Å². The van der Waals surface area contributed by atoms with Crippen molar-refractivity contribution in [2.45, 2.75) is 0 Å². The molecule has 2 aliphatic heterocycles. The third-order valence-electron chi connectivity index (χ3n) is 1.40. The van der Waals surface area contributed by atoms with Gasteiger partial charge in [0.05, 0.1) is 16.5 Å². The number of cyclic esters (lactones) is 1. The van der Waals surface area contributed by atoms with Gasteiger partial charge in [-0.2, -0.15) is 0 Å². The maximum absolute atomic E-state index is 10.6. The Morgan fingerprint density at radius 1 is 1.73 bits per heavy atom. The summed E-state index contributed by atoms with van der Waals surface area (Å²) in [7, 11) is 0. The second-order valence-corrected chi connectivity index (χ2v) is 3.12. The average molecular weight is 170 g/mol. The van der Waals surface area contributed by atoms with Crippen molar-refractivity contribution in [1.29, 1.82) is 0 Å². The van der Waals surface area contributed by atoms with Crippen LogP contribution in [0.4, 0.5) is 4.79 Å². The highest BCUT2D eigenvalue weighted by Crippen LogP contribution is 2.23. The highest BCUT2D eigenvalue weighted by Gasteiger charge is 2.20. The number of nitrogens with zero attached hydrogens (tertiary/aromatic N) is 1. The fourth-order valence-electron chi connectivity index (χ4n) is 0.895. The Labute approximate surface area is 67.7 Å². The molecule has 0 aliphatic carbocycles. The highest BCUT2D eigenvalue weighted by molar-refractivity contribution is 8.04. The van der Waals surface area contributed by atoms with Crippen LogP contribution in [-0.4, -0.2) is 24.8 Å². The summed E-state index contributed by atoms with van der Waals surface area (Å²) in [4.78, 5) is 15.6. The molecule has 1 fully saturated rings. The molecular weight excluding hydrogens is 164 g/mol. The molecule has 5 heteroatoms. The summed E-state index contributed by atoms with van der Waals surface area (Å²) in [6.45, 7) is 0.354. The number of rotatable bonds is 0. The van der Waals surface area contributed by atoms with Gasteiger partial charge in [-0.3, -0.25) is 10.3 Å². The van der Waals surface area contributed by atoms with Gasteiger partial charge in [-0.05, 0) is 0 Å². The number of hydrogen-bond donors (Lipinski definition) is 1. The number of ether oxygens (including phenoxy) is 1. The van der Waals surface area contributed by atoms with Crippen molar-refractivity contribution in [2.24, 2.45) is 4.99 Å². The summed E-state index contributed by atoms with van der Waals surface area (Å²) in [5, 5.41) is 2.60. The normalized spacial score (nSPS) is 28.9. The molecule has 4 nitrogen and oxygen atoms in total. The summed E-state index contributed by atoms with van der Waals surface area (Å²) in [6.07, 6.45) is 1.39. The Hall–Kier alpha value is -0.970. The monoisotopic (exact) mass is 170 g/mol. The summed E-state index contributed by atoms with van der Waals surface area (Å²) in [6, 6.07) is 0. The van der Waals surface area contributed by atoms with E-state index in [1.54, 1.807) is 18.0 Å². The predicted molar refractivity (Wildman–Crippen MR) is 42.5 cm³/mol. The second-order valence-electron chi connectivity index (χ2n) is 2.13. The van der Waals surface area contributed by atoms with Crippen molar-refractivity contribution in [3.63, 3.8) is 0 Å². The molecule has 0 saturated carbocycles. The zero-order valence-corrected chi connectivity index (χ0v) is 6.48. The number of alkyl carbamates (subject to hydrolysis) is 1. The van der Waals surface area contributed by atoms with Crippen LogP contribution in [-0.2, 0) is 4.74 Å². The minimum Gasteiger partial charge on any atom is -0.443 e. The molecule has 0 bridgehead atoms. The second kappa shape index (κ2) is 2.58. The summed E-state index contributed by atoms with van der Waals surface area (Å²) in [5.41, 5.74) is 0.834. The molecule has 0 radical (unpaired) electrons. The molecule has 0 aromatic carbocycles. The number of carbonyl (C=O) groups is 1. The fourth-order valence-corrected chi connectivity index (χ4v) is 1.62. The largest absolute Gasteiger partial charge is 0.443 e. The van der Waals surface area contributed by atoms with Crippen molar-refractivity contribution in [2.75, 3.05) is 12.5 Å². The van der Waals surface area contributed by atoms with Crippen LogP contribution < -0.4 is 5.32 Å². The molecule has 11 heavy (non-hydrogen) atoms. The number of thioether (sulfide) groups is 1. The van der Waals surface area contributed by atoms with Gasteiger partial charge in [0, 0.05) is 6.21 Å². The number of hydrogen-bond acceptors (Lipinski definition) is 4. The van der Waals surface area contributed by atoms with Crippen molar-refractivity contribution >= 4 is 24.1 Å². The van der Waals surface area contributed by atoms with E-state index >= 15 is 0 Å². The first kappa shape index (κ1) is 6.72. The summed E-state index contributed by atoms with van der Waals surface area (Å²) >= 11 is 1.60. The Morgan fingerprint density at radius 3 is 3.18 bits per heavy atom. The molecule has 2 heterocycles. The maximum Gasteiger partial charge on any atom is 0.411 e. The SMILES string of the molecule is O=C1NC(=C2C=NCS2)CO1. The fraction of sp³-hybridized carbons (Fsp3) is 0.333. The van der Waals surface area contributed by atoms with Crippen LogP contribution in [0.25, 0.3) is 0 Å². The van der Waals surface area contributed by atoms with Gasteiger partial charge in [-0.15, -0.1) is 0 Å². The van der Waals surface area contributed by atoms with Crippen molar-refractivity contribution < 1.29 is 9.53 Å². The van der Waals surface area contributed by atoms with Crippen molar-refractivity contribution in [3.8, 4) is 0 Å². The minimum atomic E-state index is -0.367. The summed E-state index contributed by atoms with van der Waals surface area (Å²) in [5.74, 6) is 0.745. The van der Waals surface area contributed by atoms with Crippen LogP contribution in [0.15, 0.2) is 15.6 Å². The smallest absolute Gasteiger partial charge is 0.411 e. The molecule has 0 aromatic rings. The molecule has 0 atom stereocenters. The van der Waals surface area contributed by atoms with Gasteiger partial charge in [0.15, 0.2) is 0 Å². The number of amides is 1. The summed E-state index contributed by atoms with van der Waals surface area (Å²) < 4.78 is 4.69. The molecule has 0 aromatic heterocycles. The number of nitrogens with one attached hydrogen (secondary N) is 1. The lowest BCUT2D eigenvalue weighted by atomic mass is 10.4. The van der Waals surface area contributed by atoms with E-state index in [-0.39, 0.29) is 6.09 Å². The van der Waals surface area contributed by atoms with Crippen LogP contribution in [0.2, 0.25) is 0 Å². The lowest BCUT2D eigenvalue weighted by Gasteiger charge is -1.94. The van der Waals surface area contributed by atoms with Gasteiger partial charge >= 0.3 is 6.09 Å². The number of aliphatic imine (C=N–C) groups is 1. The molecule has 58 valence electrons. The highest BCUT2D eigenvalue weighted by atomic mass is 32.2. The van der Waals surface area contributed by atoms with Gasteiger partial charge in [0.1, 0.15) is 6.61 Å². The zero-order valence-electron chi connectivity index (χ0n) is 5.66. The topological polar surface area (TPSA) is 50.7 Å². The zero-order chi connectivity index (χ0) is 7.68. The van der Waals surface area contributed by atoms with Crippen LogP contribution in [0, 0.1) is 0 Å². The van der Waals surface area contributed by atoms with Gasteiger partial charge in [-0.25, -0.2) is 4.79 Å². The Bertz CT molecular complexity index is 259. The molecule has 2 rings (SSSR count). The van der Waals surface area contributed by atoms with E-state index in [1.807, 2.05) is 0 Å². The van der Waals surface area contributed by atoms with Gasteiger partial charge in [0.2, 0.25) is 0 Å². The first-order valence-corrected chi connectivity index (χ1v) is 4.14. The molecular formula is C6H6N2O2S. The van der Waals surface area contributed by atoms with Crippen molar-refractivity contribution in [3.05, 3.63) is 10.6 Å². The molecule has 1 saturated heterocycles. The molecule has 0 unspecified atom stereocenters. The third kappa shape index (κ3) is 1.23. The van der Waals surface area contributed by atoms with Gasteiger partial charge in [-0.1, -0.05) is 11.8 Å². The van der Waals surface area contributed by atoms with E-state index in [9.17, 15) is 4.79 Å². The van der Waals surface area contributed by atoms with E-state index in [0.717, 1.165) is 16.5 Å². The van der Waals surface area contributed by atoms with Crippen LogP contribution in [0.1, 0.15) is 0 Å². The van der Waals surface area contributed by atoms with E-state index < -0.39 is 0 Å². The number of carbonyl (C=O) groups excluding carboxylic acids is 1. The molecule has 1 N–H and O–H groups in total. The Kier molecular flexibility index (Phi) is 1.58. The third-order valence-corrected chi connectivity index (χ3v) is 2.34. The quantitative estimate of drug-likeness (QED) is 0.582. The maximum atomic E-state index is 10.6. The van der Waals surface area contributed by atoms with Crippen LogP contribution in [0.5, 0.6) is 0 Å². The Morgan fingerprint density at radius 2 is 2.64 bits per heavy atom. The first-order chi connectivity index (χ1) is 5.36. The lowest BCUT2D eigenvalue weighted by Crippen LogP contribution is -2.12. The molecule has 0 spiro atoms.